The number of carbonyl (C=O) groups is 1. The summed E-state index contributed by atoms with van der Waals surface area (Å²) in [6.45, 7) is 3.17. The van der Waals surface area contributed by atoms with Crippen LogP contribution in [0.3, 0.4) is 0 Å². The second-order valence-corrected chi connectivity index (χ2v) is 5.62. The molecule has 1 fully saturated rings. The van der Waals surface area contributed by atoms with E-state index in [2.05, 4.69) is 10.6 Å². The van der Waals surface area contributed by atoms with E-state index in [0.29, 0.717) is 32.6 Å². The van der Waals surface area contributed by atoms with Crippen molar-refractivity contribution in [3.63, 3.8) is 0 Å². The molecule has 0 aromatic heterocycles. The van der Waals surface area contributed by atoms with Crippen molar-refractivity contribution in [1.82, 2.24) is 10.6 Å². The van der Waals surface area contributed by atoms with Crippen LogP contribution in [0.5, 0.6) is 5.75 Å². The lowest BCUT2D eigenvalue weighted by molar-refractivity contribution is -0.146. The van der Waals surface area contributed by atoms with Gasteiger partial charge in [0.25, 0.3) is 5.91 Å². The van der Waals surface area contributed by atoms with Gasteiger partial charge in [-0.1, -0.05) is 12.1 Å². The summed E-state index contributed by atoms with van der Waals surface area (Å²) in [6.07, 6.45) is 1.39. The van der Waals surface area contributed by atoms with Gasteiger partial charge in [0.05, 0.1) is 6.61 Å². The summed E-state index contributed by atoms with van der Waals surface area (Å²) in [5.74, 6) is 0.755. The highest BCUT2D eigenvalue weighted by molar-refractivity contribution is 5.85. The summed E-state index contributed by atoms with van der Waals surface area (Å²) >= 11 is 0. The third-order valence-electron chi connectivity index (χ3n) is 4.15. The first-order chi connectivity index (χ1) is 11.2. The SMILES string of the molecule is COCCOc1ccc(CNC(=O)C2(OC)CCNCC2)cc1. The minimum Gasteiger partial charge on any atom is -0.491 e. The first-order valence-corrected chi connectivity index (χ1v) is 7.95. The van der Waals surface area contributed by atoms with E-state index in [1.54, 1.807) is 14.2 Å². The Kier molecular flexibility index (Phi) is 6.83. The number of nitrogens with one attached hydrogen (secondary N) is 2. The first kappa shape index (κ1) is 17.7. The van der Waals surface area contributed by atoms with Crippen LogP contribution in [0.2, 0.25) is 0 Å². The van der Waals surface area contributed by atoms with Crippen molar-refractivity contribution in [2.75, 3.05) is 40.5 Å². The number of hydrogen-bond acceptors (Lipinski definition) is 5. The van der Waals surface area contributed by atoms with Crippen LogP contribution in [-0.2, 0) is 20.8 Å². The molecular weight excluding hydrogens is 296 g/mol. The van der Waals surface area contributed by atoms with Crippen LogP contribution in [0.1, 0.15) is 18.4 Å². The van der Waals surface area contributed by atoms with Gasteiger partial charge in [0.2, 0.25) is 0 Å². The highest BCUT2D eigenvalue weighted by Crippen LogP contribution is 2.22. The van der Waals surface area contributed by atoms with Crippen LogP contribution in [0.4, 0.5) is 0 Å². The van der Waals surface area contributed by atoms with E-state index in [-0.39, 0.29) is 5.91 Å². The molecule has 1 aliphatic heterocycles. The lowest BCUT2D eigenvalue weighted by Gasteiger charge is -2.34. The summed E-state index contributed by atoms with van der Waals surface area (Å²) in [6, 6.07) is 7.69. The van der Waals surface area contributed by atoms with Crippen LogP contribution < -0.4 is 15.4 Å². The molecule has 1 saturated heterocycles. The molecule has 1 amide bonds. The molecule has 0 unspecified atom stereocenters. The van der Waals surface area contributed by atoms with Crippen LogP contribution in [0.25, 0.3) is 0 Å². The summed E-state index contributed by atoms with van der Waals surface area (Å²) in [4.78, 5) is 12.5. The largest absolute Gasteiger partial charge is 0.491 e. The van der Waals surface area contributed by atoms with Crippen molar-refractivity contribution in [2.24, 2.45) is 0 Å². The van der Waals surface area contributed by atoms with E-state index in [9.17, 15) is 4.79 Å². The molecule has 0 aliphatic carbocycles. The van der Waals surface area contributed by atoms with Gasteiger partial charge in [0.1, 0.15) is 18.0 Å². The van der Waals surface area contributed by atoms with Gasteiger partial charge in [-0.15, -0.1) is 0 Å². The molecule has 1 heterocycles. The van der Waals surface area contributed by atoms with Gasteiger partial charge in [0, 0.05) is 20.8 Å². The van der Waals surface area contributed by atoms with Crippen molar-refractivity contribution in [3.8, 4) is 5.75 Å². The molecular formula is C17H26N2O4. The van der Waals surface area contributed by atoms with Gasteiger partial charge in [-0.05, 0) is 43.6 Å². The molecule has 1 aliphatic rings. The molecule has 0 saturated carbocycles. The van der Waals surface area contributed by atoms with Gasteiger partial charge in [-0.25, -0.2) is 0 Å². The predicted molar refractivity (Wildman–Crippen MR) is 87.5 cm³/mol. The number of amides is 1. The maximum atomic E-state index is 12.5. The molecule has 0 atom stereocenters. The Hall–Kier alpha value is -1.63. The summed E-state index contributed by atoms with van der Waals surface area (Å²) in [7, 11) is 3.25. The zero-order valence-corrected chi connectivity index (χ0v) is 13.9. The van der Waals surface area contributed by atoms with Crippen molar-refractivity contribution >= 4 is 5.91 Å². The number of piperidine rings is 1. The van der Waals surface area contributed by atoms with Crippen LogP contribution in [0, 0.1) is 0 Å². The van der Waals surface area contributed by atoms with Gasteiger partial charge >= 0.3 is 0 Å². The lowest BCUT2D eigenvalue weighted by atomic mass is 9.91. The Morgan fingerprint density at radius 2 is 1.87 bits per heavy atom. The lowest BCUT2D eigenvalue weighted by Crippen LogP contribution is -2.53. The third kappa shape index (κ3) is 4.92. The highest BCUT2D eigenvalue weighted by atomic mass is 16.5. The fourth-order valence-electron chi connectivity index (χ4n) is 2.64. The van der Waals surface area contributed by atoms with E-state index in [1.807, 2.05) is 24.3 Å². The molecule has 6 heteroatoms. The summed E-state index contributed by atoms with van der Waals surface area (Å²) < 4.78 is 16.0. The highest BCUT2D eigenvalue weighted by Gasteiger charge is 2.39. The third-order valence-corrected chi connectivity index (χ3v) is 4.15. The van der Waals surface area contributed by atoms with E-state index in [4.69, 9.17) is 14.2 Å². The Balaban J connectivity index is 1.83. The maximum absolute atomic E-state index is 12.5. The molecule has 23 heavy (non-hydrogen) atoms. The normalized spacial score (nSPS) is 16.8. The maximum Gasteiger partial charge on any atom is 0.252 e. The molecule has 0 radical (unpaired) electrons. The second kappa shape index (κ2) is 8.86. The van der Waals surface area contributed by atoms with Gasteiger partial charge in [-0.2, -0.15) is 0 Å². The Morgan fingerprint density at radius 3 is 2.48 bits per heavy atom. The number of ether oxygens (including phenoxy) is 3. The average molecular weight is 322 g/mol. The van der Waals surface area contributed by atoms with Crippen LogP contribution >= 0.6 is 0 Å². The fraction of sp³-hybridized carbons (Fsp3) is 0.588. The zero-order valence-electron chi connectivity index (χ0n) is 13.9. The number of rotatable bonds is 8. The monoisotopic (exact) mass is 322 g/mol. The summed E-state index contributed by atoms with van der Waals surface area (Å²) in [5, 5.41) is 6.23. The van der Waals surface area contributed by atoms with Crippen LogP contribution in [0.15, 0.2) is 24.3 Å². The van der Waals surface area contributed by atoms with Crippen LogP contribution in [-0.4, -0.2) is 52.0 Å². The molecule has 2 rings (SSSR count). The van der Waals surface area contributed by atoms with Crippen molar-refractivity contribution < 1.29 is 19.0 Å². The van der Waals surface area contributed by atoms with Gasteiger partial charge < -0.3 is 24.8 Å². The van der Waals surface area contributed by atoms with Crippen molar-refractivity contribution in [3.05, 3.63) is 29.8 Å². The minimum absolute atomic E-state index is 0.0399. The van der Waals surface area contributed by atoms with Crippen molar-refractivity contribution in [2.45, 2.75) is 25.0 Å². The van der Waals surface area contributed by atoms with Gasteiger partial charge in [0.15, 0.2) is 0 Å². The molecule has 0 spiro atoms. The predicted octanol–water partition coefficient (Wildman–Crippen LogP) is 1.10. The van der Waals surface area contributed by atoms with E-state index in [0.717, 1.165) is 24.4 Å². The number of methoxy groups -OCH3 is 2. The number of hydrogen-bond donors (Lipinski definition) is 2. The smallest absolute Gasteiger partial charge is 0.252 e. The molecule has 1 aromatic rings. The average Bonchev–Trinajstić information content (AvgIpc) is 2.61. The quantitative estimate of drug-likeness (QED) is 0.702. The topological polar surface area (TPSA) is 68.8 Å². The number of benzene rings is 1. The summed E-state index contributed by atoms with van der Waals surface area (Å²) in [5.41, 5.74) is 0.326. The second-order valence-electron chi connectivity index (χ2n) is 5.62. The molecule has 0 bridgehead atoms. The first-order valence-electron chi connectivity index (χ1n) is 7.95. The van der Waals surface area contributed by atoms with E-state index < -0.39 is 5.60 Å². The van der Waals surface area contributed by atoms with E-state index >= 15 is 0 Å². The molecule has 128 valence electrons. The Labute approximate surface area is 137 Å². The standard InChI is InChI=1S/C17H26N2O4/c1-21-11-12-23-15-5-3-14(4-6-15)13-19-16(20)17(22-2)7-9-18-10-8-17/h3-6,18H,7-13H2,1-2H3,(H,19,20). The Bertz CT molecular complexity index is 484. The number of carbonyl (C=O) groups excluding carboxylic acids is 1. The van der Waals surface area contributed by atoms with E-state index in [1.165, 1.54) is 0 Å². The molecule has 6 nitrogen and oxygen atoms in total. The molecule has 2 N–H and O–H groups in total. The Morgan fingerprint density at radius 1 is 1.17 bits per heavy atom. The molecule has 1 aromatic carbocycles. The zero-order chi connectivity index (χ0) is 16.5. The minimum atomic E-state index is -0.700. The fourth-order valence-corrected chi connectivity index (χ4v) is 2.64. The van der Waals surface area contributed by atoms with Gasteiger partial charge in [-0.3, -0.25) is 4.79 Å². The van der Waals surface area contributed by atoms with Crippen molar-refractivity contribution in [1.29, 1.82) is 0 Å².